The van der Waals surface area contributed by atoms with Gasteiger partial charge in [-0.3, -0.25) is 4.90 Å². The number of hydrogen-bond acceptors (Lipinski definition) is 4. The van der Waals surface area contributed by atoms with Gasteiger partial charge in [-0.15, -0.1) is 11.3 Å². The molecule has 0 unspecified atom stereocenters. The van der Waals surface area contributed by atoms with Crippen LogP contribution in [-0.4, -0.2) is 35.6 Å². The number of aromatic nitrogens is 1. The SMILES string of the molecule is Cc1nc(CN2CCN[C@H](C)C2)cs1. The first kappa shape index (κ1) is 10.1. The second-order valence-electron chi connectivity index (χ2n) is 3.95. The predicted octanol–water partition coefficient (Wildman–Crippen LogP) is 1.25. The molecule has 4 heteroatoms. The Bertz CT molecular complexity index is 297. The minimum atomic E-state index is 0.614. The summed E-state index contributed by atoms with van der Waals surface area (Å²) in [4.78, 5) is 6.95. The summed E-state index contributed by atoms with van der Waals surface area (Å²) in [5.74, 6) is 0. The molecule has 0 aliphatic carbocycles. The Morgan fingerprint density at radius 3 is 3.21 bits per heavy atom. The lowest BCUT2D eigenvalue weighted by molar-refractivity contribution is 0.198. The minimum Gasteiger partial charge on any atom is -0.312 e. The van der Waals surface area contributed by atoms with Crippen LogP contribution >= 0.6 is 11.3 Å². The van der Waals surface area contributed by atoms with Gasteiger partial charge in [-0.05, 0) is 13.8 Å². The van der Waals surface area contributed by atoms with E-state index in [1.54, 1.807) is 11.3 Å². The molecule has 0 spiro atoms. The van der Waals surface area contributed by atoms with Gasteiger partial charge >= 0.3 is 0 Å². The second kappa shape index (κ2) is 4.38. The van der Waals surface area contributed by atoms with Crippen LogP contribution in [0.2, 0.25) is 0 Å². The van der Waals surface area contributed by atoms with Gasteiger partial charge in [0, 0.05) is 37.6 Å². The van der Waals surface area contributed by atoms with Crippen molar-refractivity contribution in [2.75, 3.05) is 19.6 Å². The molecule has 1 aromatic rings. The third-order valence-corrected chi connectivity index (χ3v) is 3.33. The largest absolute Gasteiger partial charge is 0.312 e. The average molecular weight is 211 g/mol. The molecule has 1 N–H and O–H groups in total. The highest BCUT2D eigenvalue weighted by atomic mass is 32.1. The van der Waals surface area contributed by atoms with E-state index in [9.17, 15) is 0 Å². The molecule has 1 atom stereocenters. The zero-order valence-electron chi connectivity index (χ0n) is 8.79. The fourth-order valence-electron chi connectivity index (χ4n) is 1.87. The molecule has 14 heavy (non-hydrogen) atoms. The number of aryl methyl sites for hydroxylation is 1. The van der Waals surface area contributed by atoms with Gasteiger partial charge in [-0.1, -0.05) is 0 Å². The van der Waals surface area contributed by atoms with Crippen molar-refractivity contribution < 1.29 is 0 Å². The topological polar surface area (TPSA) is 28.2 Å². The summed E-state index contributed by atoms with van der Waals surface area (Å²) in [6, 6.07) is 0.614. The molecule has 3 nitrogen and oxygen atoms in total. The van der Waals surface area contributed by atoms with E-state index >= 15 is 0 Å². The standard InChI is InChI=1S/C10H17N3S/c1-8-5-13(4-3-11-8)6-10-7-14-9(2)12-10/h7-8,11H,3-6H2,1-2H3/t8-/m1/s1. The molecule has 2 rings (SSSR count). The molecular weight excluding hydrogens is 194 g/mol. The molecule has 78 valence electrons. The lowest BCUT2D eigenvalue weighted by atomic mass is 10.2. The number of hydrogen-bond donors (Lipinski definition) is 1. The highest BCUT2D eigenvalue weighted by Crippen LogP contribution is 2.11. The monoisotopic (exact) mass is 211 g/mol. The molecule has 1 aliphatic rings. The van der Waals surface area contributed by atoms with Crippen LogP contribution in [0.25, 0.3) is 0 Å². The van der Waals surface area contributed by atoms with Crippen LogP contribution in [0.3, 0.4) is 0 Å². The van der Waals surface area contributed by atoms with Crippen LogP contribution in [0.15, 0.2) is 5.38 Å². The maximum Gasteiger partial charge on any atom is 0.0897 e. The Morgan fingerprint density at radius 2 is 2.57 bits per heavy atom. The maximum absolute atomic E-state index is 4.49. The summed E-state index contributed by atoms with van der Waals surface area (Å²) in [5, 5.41) is 6.78. The quantitative estimate of drug-likeness (QED) is 0.798. The predicted molar refractivity (Wildman–Crippen MR) is 59.6 cm³/mol. The highest BCUT2D eigenvalue weighted by Gasteiger charge is 2.16. The highest BCUT2D eigenvalue weighted by molar-refractivity contribution is 7.09. The van der Waals surface area contributed by atoms with Crippen LogP contribution in [0.1, 0.15) is 17.6 Å². The van der Waals surface area contributed by atoms with Crippen molar-refractivity contribution in [2.45, 2.75) is 26.4 Å². The summed E-state index contributed by atoms with van der Waals surface area (Å²) >= 11 is 1.74. The van der Waals surface area contributed by atoms with Gasteiger partial charge in [0.1, 0.15) is 0 Å². The fourth-order valence-corrected chi connectivity index (χ4v) is 2.47. The summed E-state index contributed by atoms with van der Waals surface area (Å²) < 4.78 is 0. The van der Waals surface area contributed by atoms with Gasteiger partial charge in [-0.2, -0.15) is 0 Å². The van der Waals surface area contributed by atoms with Gasteiger partial charge in [0.25, 0.3) is 0 Å². The average Bonchev–Trinajstić information content (AvgIpc) is 2.51. The summed E-state index contributed by atoms with van der Waals surface area (Å²) in [6.45, 7) is 8.69. The zero-order chi connectivity index (χ0) is 9.97. The third-order valence-electron chi connectivity index (χ3n) is 2.51. The first-order chi connectivity index (χ1) is 6.74. The van der Waals surface area contributed by atoms with Crippen LogP contribution in [0.4, 0.5) is 0 Å². The molecule has 0 saturated carbocycles. The van der Waals surface area contributed by atoms with Crippen LogP contribution in [-0.2, 0) is 6.54 Å². The summed E-state index contributed by atoms with van der Waals surface area (Å²) in [5.41, 5.74) is 1.22. The molecular formula is C10H17N3S. The van der Waals surface area contributed by atoms with Crippen molar-refractivity contribution in [2.24, 2.45) is 0 Å². The Balaban J connectivity index is 1.90. The molecule has 2 heterocycles. The van der Waals surface area contributed by atoms with Gasteiger partial charge in [-0.25, -0.2) is 4.98 Å². The molecule has 0 bridgehead atoms. The first-order valence-electron chi connectivity index (χ1n) is 5.11. The van der Waals surface area contributed by atoms with Crippen LogP contribution in [0, 0.1) is 6.92 Å². The van der Waals surface area contributed by atoms with Crippen LogP contribution < -0.4 is 5.32 Å². The summed E-state index contributed by atoms with van der Waals surface area (Å²) in [7, 11) is 0. The summed E-state index contributed by atoms with van der Waals surface area (Å²) in [6.07, 6.45) is 0. The Morgan fingerprint density at radius 1 is 1.71 bits per heavy atom. The lowest BCUT2D eigenvalue weighted by Gasteiger charge is -2.31. The van der Waals surface area contributed by atoms with Crippen molar-refractivity contribution in [3.63, 3.8) is 0 Å². The van der Waals surface area contributed by atoms with Gasteiger partial charge in [0.2, 0.25) is 0 Å². The number of rotatable bonds is 2. The molecule has 1 aliphatic heterocycles. The second-order valence-corrected chi connectivity index (χ2v) is 5.01. The van der Waals surface area contributed by atoms with E-state index in [1.807, 2.05) is 0 Å². The number of nitrogens with zero attached hydrogens (tertiary/aromatic N) is 2. The lowest BCUT2D eigenvalue weighted by Crippen LogP contribution is -2.48. The maximum atomic E-state index is 4.49. The Hall–Kier alpha value is -0.450. The molecule has 0 aromatic carbocycles. The molecule has 1 fully saturated rings. The van der Waals surface area contributed by atoms with Crippen LogP contribution in [0.5, 0.6) is 0 Å². The van der Waals surface area contributed by atoms with Crippen molar-refractivity contribution in [1.82, 2.24) is 15.2 Å². The molecule has 1 saturated heterocycles. The van der Waals surface area contributed by atoms with E-state index in [2.05, 4.69) is 34.4 Å². The van der Waals surface area contributed by atoms with Gasteiger partial charge in [0.15, 0.2) is 0 Å². The number of piperazine rings is 1. The van der Waals surface area contributed by atoms with Gasteiger partial charge in [0.05, 0.1) is 10.7 Å². The minimum absolute atomic E-state index is 0.614. The van der Waals surface area contributed by atoms with E-state index in [4.69, 9.17) is 0 Å². The van der Waals surface area contributed by atoms with Crippen molar-refractivity contribution >= 4 is 11.3 Å². The first-order valence-corrected chi connectivity index (χ1v) is 5.99. The smallest absolute Gasteiger partial charge is 0.0897 e. The van der Waals surface area contributed by atoms with Crippen molar-refractivity contribution in [1.29, 1.82) is 0 Å². The molecule has 0 amide bonds. The molecule has 1 aromatic heterocycles. The van der Waals surface area contributed by atoms with Gasteiger partial charge < -0.3 is 5.32 Å². The van der Waals surface area contributed by atoms with E-state index in [-0.39, 0.29) is 0 Å². The molecule has 0 radical (unpaired) electrons. The third kappa shape index (κ3) is 2.53. The van der Waals surface area contributed by atoms with E-state index < -0.39 is 0 Å². The fraction of sp³-hybridized carbons (Fsp3) is 0.700. The number of nitrogens with one attached hydrogen (secondary N) is 1. The van der Waals surface area contributed by atoms with Crippen molar-refractivity contribution in [3.05, 3.63) is 16.1 Å². The van der Waals surface area contributed by atoms with E-state index in [0.29, 0.717) is 6.04 Å². The Kier molecular flexibility index (Phi) is 3.15. The zero-order valence-corrected chi connectivity index (χ0v) is 9.60. The van der Waals surface area contributed by atoms with E-state index in [1.165, 1.54) is 10.7 Å². The van der Waals surface area contributed by atoms with E-state index in [0.717, 1.165) is 26.2 Å². The number of thiazole rings is 1. The Labute approximate surface area is 89.1 Å². The normalized spacial score (nSPS) is 24.0. The van der Waals surface area contributed by atoms with Crippen molar-refractivity contribution in [3.8, 4) is 0 Å².